The van der Waals surface area contributed by atoms with E-state index >= 15 is 0 Å². The normalized spacial score (nSPS) is 13.2. The van der Waals surface area contributed by atoms with E-state index in [2.05, 4.69) is 150 Å². The van der Waals surface area contributed by atoms with Gasteiger partial charge in [-0.2, -0.15) is 19.2 Å². The summed E-state index contributed by atoms with van der Waals surface area (Å²) in [5, 5.41) is 12.7. The zero-order valence-corrected chi connectivity index (χ0v) is 38.8. The van der Waals surface area contributed by atoms with Gasteiger partial charge in [-0.05, 0) is 140 Å². The van der Waals surface area contributed by atoms with Crippen LogP contribution in [0.3, 0.4) is 0 Å². The van der Waals surface area contributed by atoms with Crippen molar-refractivity contribution in [1.82, 2.24) is 38.3 Å². The second-order valence-electron chi connectivity index (χ2n) is 18.0. The molecule has 9 heteroatoms. The number of hydrogen-bond donors (Lipinski definition) is 0. The highest BCUT2D eigenvalue weighted by Gasteiger charge is 2.25. The lowest BCUT2D eigenvalue weighted by Crippen LogP contribution is -2.16. The third-order valence-electron chi connectivity index (χ3n) is 13.2. The summed E-state index contributed by atoms with van der Waals surface area (Å²) >= 11 is 0. The van der Waals surface area contributed by atoms with Crippen LogP contribution in [-0.2, 0) is 4.74 Å². The molecule has 8 aromatic rings. The Morgan fingerprint density at radius 1 is 0.492 bits per heavy atom. The summed E-state index contributed by atoms with van der Waals surface area (Å²) in [4.78, 5) is 10.4. The number of aryl methyl sites for hydroxylation is 10. The molecule has 0 aliphatic heterocycles. The number of hydrogen-bond acceptors (Lipinski definition) is 5. The summed E-state index contributed by atoms with van der Waals surface area (Å²) in [5.74, 6) is 0. The van der Waals surface area contributed by atoms with Gasteiger partial charge >= 0.3 is 0 Å². The topological polar surface area (TPSA) is 79.5 Å². The van der Waals surface area contributed by atoms with Crippen molar-refractivity contribution in [2.45, 2.75) is 147 Å². The highest BCUT2D eigenvalue weighted by molar-refractivity contribution is 5.91. The fourth-order valence-corrected chi connectivity index (χ4v) is 10.4. The first-order chi connectivity index (χ1) is 29.3. The molecular weight excluding hydrogens is 753 g/mol. The van der Waals surface area contributed by atoms with Crippen LogP contribution in [0.4, 0.5) is 0 Å². The first kappa shape index (κ1) is 42.4. The Morgan fingerprint density at radius 3 is 1.23 bits per heavy atom. The van der Waals surface area contributed by atoms with Gasteiger partial charge in [0.1, 0.15) is 11.3 Å². The van der Waals surface area contributed by atoms with Crippen LogP contribution in [0.5, 0.6) is 0 Å². The third-order valence-corrected chi connectivity index (χ3v) is 13.2. The molecule has 0 saturated carbocycles. The minimum Gasteiger partial charge on any atom is -0.381 e. The molecule has 0 N–H and O–H groups in total. The Kier molecular flexibility index (Phi) is 12.0. The van der Waals surface area contributed by atoms with Gasteiger partial charge in [-0.3, -0.25) is 0 Å². The van der Waals surface area contributed by atoms with Gasteiger partial charge in [0, 0.05) is 48.5 Å². The van der Waals surface area contributed by atoms with E-state index in [0.29, 0.717) is 13.2 Å². The summed E-state index contributed by atoms with van der Waals surface area (Å²) in [5.41, 5.74) is 20.6. The zero-order chi connectivity index (χ0) is 43.3. The summed E-state index contributed by atoms with van der Waals surface area (Å²) in [6.07, 6.45) is 13.2. The van der Waals surface area contributed by atoms with E-state index in [1.807, 2.05) is 0 Å². The first-order valence-corrected chi connectivity index (χ1v) is 22.8. The van der Waals surface area contributed by atoms with Crippen LogP contribution < -0.4 is 0 Å². The SMILES string of the molecule is CCCCC(CCOCCC(CCCC)n1ccc2c(C)nc3c(-c4c(C)cc(C)cc4C)c(C)nn3c21)n1ccc2c(C)nc3c(-c4c(C)cc(C)cc4C)c(C)nn3c21. The van der Waals surface area contributed by atoms with E-state index in [-0.39, 0.29) is 12.1 Å². The maximum Gasteiger partial charge on any atom is 0.165 e. The molecule has 6 aromatic heterocycles. The van der Waals surface area contributed by atoms with Crippen molar-refractivity contribution in [2.75, 3.05) is 13.2 Å². The van der Waals surface area contributed by atoms with Crippen molar-refractivity contribution in [2.24, 2.45) is 0 Å². The molecule has 2 aromatic carbocycles. The van der Waals surface area contributed by atoms with E-state index in [4.69, 9.17) is 24.9 Å². The summed E-state index contributed by atoms with van der Waals surface area (Å²) in [6.45, 7) is 27.7. The Labute approximate surface area is 362 Å². The van der Waals surface area contributed by atoms with Crippen LogP contribution >= 0.6 is 0 Å². The second kappa shape index (κ2) is 17.2. The molecular formula is C52H66N8O. The van der Waals surface area contributed by atoms with E-state index in [1.54, 1.807) is 0 Å². The number of rotatable bonds is 16. The molecule has 6 heterocycles. The minimum absolute atomic E-state index is 0.282. The molecule has 2 atom stereocenters. The maximum absolute atomic E-state index is 6.64. The van der Waals surface area contributed by atoms with E-state index in [1.165, 1.54) is 44.5 Å². The quantitative estimate of drug-likeness (QED) is 0.0907. The molecule has 0 spiro atoms. The molecule has 9 nitrogen and oxygen atoms in total. The molecule has 0 bridgehead atoms. The number of fused-ring (bicyclic) bond motifs is 6. The van der Waals surface area contributed by atoms with Gasteiger partial charge in [0.15, 0.2) is 11.3 Å². The minimum atomic E-state index is 0.282. The Balaban J connectivity index is 1.06. The van der Waals surface area contributed by atoms with Crippen LogP contribution in [-0.4, -0.2) is 51.5 Å². The predicted molar refractivity (Wildman–Crippen MR) is 252 cm³/mol. The van der Waals surface area contributed by atoms with Crippen molar-refractivity contribution in [1.29, 1.82) is 0 Å². The Bertz CT molecular complexity index is 2660. The molecule has 0 radical (unpaired) electrons. The van der Waals surface area contributed by atoms with Crippen LogP contribution in [0.2, 0.25) is 0 Å². The number of aromatic nitrogens is 8. The van der Waals surface area contributed by atoms with Gasteiger partial charge < -0.3 is 13.9 Å². The fourth-order valence-electron chi connectivity index (χ4n) is 10.4. The predicted octanol–water partition coefficient (Wildman–Crippen LogP) is 13.1. The molecule has 320 valence electrons. The lowest BCUT2D eigenvalue weighted by molar-refractivity contribution is 0.107. The average Bonchev–Trinajstić information content (AvgIpc) is 3.98. The molecule has 0 saturated heterocycles. The lowest BCUT2D eigenvalue weighted by Gasteiger charge is -2.22. The monoisotopic (exact) mass is 819 g/mol. The Morgan fingerprint density at radius 2 is 0.869 bits per heavy atom. The molecule has 0 aliphatic carbocycles. The van der Waals surface area contributed by atoms with Gasteiger partial charge in [-0.25, -0.2) is 9.97 Å². The number of ether oxygens (including phenoxy) is 1. The van der Waals surface area contributed by atoms with Crippen LogP contribution in [0.25, 0.3) is 55.6 Å². The number of unbranched alkanes of at least 4 members (excludes halogenated alkanes) is 2. The first-order valence-electron chi connectivity index (χ1n) is 22.8. The molecule has 2 unspecified atom stereocenters. The molecule has 8 rings (SSSR count). The zero-order valence-electron chi connectivity index (χ0n) is 38.8. The van der Waals surface area contributed by atoms with Crippen molar-refractivity contribution in [3.8, 4) is 22.3 Å². The molecule has 0 aliphatic rings. The van der Waals surface area contributed by atoms with Gasteiger partial charge in [0.25, 0.3) is 0 Å². The molecule has 0 fully saturated rings. The van der Waals surface area contributed by atoms with Crippen molar-refractivity contribution >= 4 is 33.4 Å². The van der Waals surface area contributed by atoms with Gasteiger partial charge in [0.05, 0.1) is 33.9 Å². The molecule has 0 amide bonds. The third kappa shape index (κ3) is 7.68. The molecule has 61 heavy (non-hydrogen) atoms. The highest BCUT2D eigenvalue weighted by atomic mass is 16.5. The summed E-state index contributed by atoms with van der Waals surface area (Å²) < 4.78 is 15.8. The van der Waals surface area contributed by atoms with E-state index < -0.39 is 0 Å². The number of nitrogens with zero attached hydrogens (tertiary/aromatic N) is 8. The standard InChI is InChI=1S/C52H66N8O/c1-13-15-17-41(57-23-19-43-37(9)53-49-47(39(11)55-59(49)51(43)57)45-33(5)27-31(3)28-34(45)6)21-25-61-26-22-42(18-16-14-2)58-24-20-44-38(10)54-50-48(40(12)56-60(50)52(44)58)46-35(7)29-32(4)30-36(46)8/h19-20,23-24,27-30,41-42H,13-18,21-22,25-26H2,1-12H3. The smallest absolute Gasteiger partial charge is 0.165 e. The van der Waals surface area contributed by atoms with Crippen molar-refractivity contribution < 1.29 is 4.74 Å². The summed E-state index contributed by atoms with van der Waals surface area (Å²) in [6, 6.07) is 14.1. The fraction of sp³-hybridized carbons (Fsp3) is 0.462. The Hall–Kier alpha value is -5.28. The van der Waals surface area contributed by atoms with Crippen LogP contribution in [0.15, 0.2) is 48.8 Å². The van der Waals surface area contributed by atoms with Gasteiger partial charge in [0.2, 0.25) is 0 Å². The van der Waals surface area contributed by atoms with E-state index in [9.17, 15) is 0 Å². The van der Waals surface area contributed by atoms with Crippen LogP contribution in [0, 0.1) is 69.2 Å². The van der Waals surface area contributed by atoms with Crippen molar-refractivity contribution in [3.63, 3.8) is 0 Å². The maximum atomic E-state index is 6.64. The number of benzene rings is 2. The summed E-state index contributed by atoms with van der Waals surface area (Å²) in [7, 11) is 0. The van der Waals surface area contributed by atoms with Crippen molar-refractivity contribution in [3.05, 3.63) is 105 Å². The highest BCUT2D eigenvalue weighted by Crippen LogP contribution is 2.38. The second-order valence-corrected chi connectivity index (χ2v) is 18.0. The average molecular weight is 819 g/mol. The lowest BCUT2D eigenvalue weighted by atomic mass is 9.94. The largest absolute Gasteiger partial charge is 0.381 e. The van der Waals surface area contributed by atoms with E-state index in [0.717, 1.165) is 119 Å². The van der Waals surface area contributed by atoms with Gasteiger partial charge in [-0.15, -0.1) is 0 Å². The van der Waals surface area contributed by atoms with Gasteiger partial charge in [-0.1, -0.05) is 74.9 Å². The van der Waals surface area contributed by atoms with Crippen LogP contribution in [0.1, 0.15) is 133 Å².